The Balaban J connectivity index is 2.35. The van der Waals surface area contributed by atoms with Gasteiger partial charge in [-0.2, -0.15) is 21.6 Å². The monoisotopic (exact) mass is 379 g/mol. The minimum Gasteiger partial charge on any atom is -0.272 e. The summed E-state index contributed by atoms with van der Waals surface area (Å²) in [6.07, 6.45) is 0.428. The maximum Gasteiger partial charge on any atom is 0.525 e. The molecule has 138 valence electrons. The van der Waals surface area contributed by atoms with Crippen LogP contribution in [0.15, 0.2) is 30.3 Å². The third kappa shape index (κ3) is 3.54. The molecule has 0 N–H and O–H groups in total. The molecule has 1 aromatic rings. The molecule has 1 aromatic carbocycles. The molecule has 3 unspecified atom stereocenters. The Bertz CT molecular complexity index is 763. The third-order valence-corrected chi connectivity index (χ3v) is 5.08. The lowest BCUT2D eigenvalue weighted by Crippen LogP contribution is -2.39. The largest absolute Gasteiger partial charge is 0.525 e. The quantitative estimate of drug-likeness (QED) is 0.580. The van der Waals surface area contributed by atoms with E-state index >= 15 is 0 Å². The molecule has 0 saturated carbocycles. The Morgan fingerprint density at radius 1 is 1.16 bits per heavy atom. The topological polar surface area (TPSA) is 80.8 Å². The Kier molecular flexibility index (Phi) is 5.24. The lowest BCUT2D eigenvalue weighted by molar-refractivity contribution is -0.168. The number of carbonyl (C=O) groups is 2. The van der Waals surface area contributed by atoms with Crippen LogP contribution in [0.25, 0.3) is 0 Å². The van der Waals surface area contributed by atoms with Gasteiger partial charge < -0.3 is 0 Å². The lowest BCUT2D eigenvalue weighted by atomic mass is 9.78. The van der Waals surface area contributed by atoms with Gasteiger partial charge in [-0.3, -0.25) is 9.59 Å². The fourth-order valence-electron chi connectivity index (χ4n) is 2.93. The SMILES string of the molecule is CCC(c1ccccc1)C1C(=O)N(OS(=O)(=O)C(F)(F)F)C(=O)C1C. The normalized spacial score (nSPS) is 23.2. The van der Waals surface area contributed by atoms with Crippen molar-refractivity contribution < 1.29 is 35.5 Å². The van der Waals surface area contributed by atoms with Gasteiger partial charge >= 0.3 is 15.6 Å². The van der Waals surface area contributed by atoms with Gasteiger partial charge in [0.15, 0.2) is 0 Å². The summed E-state index contributed by atoms with van der Waals surface area (Å²) in [6, 6.07) is 8.68. The second-order valence-corrected chi connectivity index (χ2v) is 7.21. The van der Waals surface area contributed by atoms with Gasteiger partial charge in [0.25, 0.3) is 11.8 Å². The number of rotatable bonds is 5. The summed E-state index contributed by atoms with van der Waals surface area (Å²) in [5.74, 6) is -4.70. The third-order valence-electron chi connectivity index (χ3n) is 4.17. The molecule has 0 aromatic heterocycles. The molecule has 2 amide bonds. The first kappa shape index (κ1) is 19.4. The second kappa shape index (κ2) is 6.75. The molecule has 0 spiro atoms. The molecule has 1 heterocycles. The summed E-state index contributed by atoms with van der Waals surface area (Å²) in [6.45, 7) is 3.12. The molecule has 0 bridgehead atoms. The van der Waals surface area contributed by atoms with E-state index in [1.807, 2.05) is 0 Å². The number of hydrogen-bond acceptors (Lipinski definition) is 5. The van der Waals surface area contributed by atoms with Crippen LogP contribution in [-0.4, -0.2) is 30.8 Å². The number of nitrogens with zero attached hydrogens (tertiary/aromatic N) is 1. The van der Waals surface area contributed by atoms with Crippen LogP contribution in [0.5, 0.6) is 0 Å². The summed E-state index contributed by atoms with van der Waals surface area (Å²) in [5, 5.41) is -0.274. The van der Waals surface area contributed by atoms with Crippen LogP contribution >= 0.6 is 0 Å². The predicted molar refractivity (Wildman–Crippen MR) is 80.0 cm³/mol. The van der Waals surface area contributed by atoms with Gasteiger partial charge in [-0.05, 0) is 17.9 Å². The van der Waals surface area contributed by atoms with Crippen molar-refractivity contribution >= 4 is 21.9 Å². The number of benzene rings is 1. The van der Waals surface area contributed by atoms with E-state index in [1.165, 1.54) is 6.92 Å². The van der Waals surface area contributed by atoms with E-state index in [1.54, 1.807) is 37.3 Å². The summed E-state index contributed by atoms with van der Waals surface area (Å²) in [5.41, 5.74) is -5.01. The maximum absolute atomic E-state index is 12.5. The Labute approximate surface area is 142 Å². The number of alkyl halides is 3. The van der Waals surface area contributed by atoms with Crippen molar-refractivity contribution in [2.45, 2.75) is 31.7 Å². The zero-order valence-electron chi connectivity index (χ0n) is 13.4. The van der Waals surface area contributed by atoms with Crippen molar-refractivity contribution in [1.82, 2.24) is 5.06 Å². The molecule has 3 atom stereocenters. The van der Waals surface area contributed by atoms with E-state index in [4.69, 9.17) is 0 Å². The van der Waals surface area contributed by atoms with Gasteiger partial charge in [-0.1, -0.05) is 44.2 Å². The molecule has 25 heavy (non-hydrogen) atoms. The molecular formula is C15H16F3NO5S. The lowest BCUT2D eigenvalue weighted by Gasteiger charge is -2.23. The van der Waals surface area contributed by atoms with E-state index in [2.05, 4.69) is 4.28 Å². The average Bonchev–Trinajstić information content (AvgIpc) is 2.73. The minimum atomic E-state index is -6.11. The standard InChI is InChI=1S/C15H16F3NO5S/c1-3-11(10-7-5-4-6-8-10)12-9(2)13(20)19(14(12)21)24-25(22,23)15(16,17)18/h4-9,11-12H,3H2,1-2H3. The fourth-order valence-corrected chi connectivity index (χ4v) is 3.36. The number of amides is 2. The summed E-state index contributed by atoms with van der Waals surface area (Å²) in [4.78, 5) is 24.6. The molecule has 6 nitrogen and oxygen atoms in total. The molecule has 1 aliphatic rings. The number of hydrogen-bond donors (Lipinski definition) is 0. The minimum absolute atomic E-state index is 0.274. The van der Waals surface area contributed by atoms with Gasteiger partial charge in [0, 0.05) is 0 Å². The van der Waals surface area contributed by atoms with Crippen molar-refractivity contribution in [2.75, 3.05) is 0 Å². The highest BCUT2D eigenvalue weighted by molar-refractivity contribution is 7.87. The Morgan fingerprint density at radius 2 is 1.72 bits per heavy atom. The van der Waals surface area contributed by atoms with Gasteiger partial charge in [0.1, 0.15) is 0 Å². The van der Waals surface area contributed by atoms with Gasteiger partial charge in [0.2, 0.25) is 0 Å². The van der Waals surface area contributed by atoms with E-state index in [0.717, 1.165) is 5.56 Å². The van der Waals surface area contributed by atoms with E-state index in [0.29, 0.717) is 6.42 Å². The maximum atomic E-state index is 12.5. The highest BCUT2D eigenvalue weighted by Gasteiger charge is 2.55. The molecule has 0 radical (unpaired) electrons. The van der Waals surface area contributed by atoms with Crippen LogP contribution < -0.4 is 0 Å². The van der Waals surface area contributed by atoms with Crippen molar-refractivity contribution in [3.63, 3.8) is 0 Å². The molecule has 1 aliphatic heterocycles. The summed E-state index contributed by atoms with van der Waals surface area (Å²) in [7, 11) is -6.11. The first-order valence-corrected chi connectivity index (χ1v) is 8.85. The first-order chi connectivity index (χ1) is 11.5. The Hall–Kier alpha value is -1.94. The van der Waals surface area contributed by atoms with Crippen LogP contribution in [0.3, 0.4) is 0 Å². The highest BCUT2D eigenvalue weighted by atomic mass is 32.2. The summed E-state index contributed by atoms with van der Waals surface area (Å²) < 4.78 is 63.4. The van der Waals surface area contributed by atoms with Crippen molar-refractivity contribution in [1.29, 1.82) is 0 Å². The number of imide groups is 1. The first-order valence-electron chi connectivity index (χ1n) is 7.45. The van der Waals surface area contributed by atoms with E-state index in [9.17, 15) is 31.2 Å². The van der Waals surface area contributed by atoms with Crippen molar-refractivity contribution in [3.05, 3.63) is 35.9 Å². The molecule has 1 fully saturated rings. The van der Waals surface area contributed by atoms with Crippen LogP contribution in [0.1, 0.15) is 31.7 Å². The molecule has 10 heteroatoms. The second-order valence-electron chi connectivity index (χ2n) is 5.69. The fraction of sp³-hybridized carbons (Fsp3) is 0.467. The van der Waals surface area contributed by atoms with Crippen LogP contribution in [0.2, 0.25) is 0 Å². The number of carbonyl (C=O) groups excluding carboxylic acids is 2. The van der Waals surface area contributed by atoms with Gasteiger partial charge in [-0.25, -0.2) is 0 Å². The van der Waals surface area contributed by atoms with Gasteiger partial charge in [0.05, 0.1) is 11.8 Å². The van der Waals surface area contributed by atoms with E-state index in [-0.39, 0.29) is 5.06 Å². The van der Waals surface area contributed by atoms with Gasteiger partial charge in [-0.15, -0.1) is 9.35 Å². The zero-order chi connectivity index (χ0) is 19.0. The predicted octanol–water partition coefficient (Wildman–Crippen LogP) is 2.58. The molecular weight excluding hydrogens is 363 g/mol. The highest BCUT2D eigenvalue weighted by Crippen LogP contribution is 2.40. The van der Waals surface area contributed by atoms with Crippen LogP contribution in [0.4, 0.5) is 13.2 Å². The summed E-state index contributed by atoms with van der Waals surface area (Å²) >= 11 is 0. The van der Waals surface area contributed by atoms with Crippen LogP contribution in [0, 0.1) is 11.8 Å². The number of hydroxylamine groups is 2. The molecule has 2 rings (SSSR count). The average molecular weight is 379 g/mol. The van der Waals surface area contributed by atoms with Crippen molar-refractivity contribution in [2.24, 2.45) is 11.8 Å². The zero-order valence-corrected chi connectivity index (χ0v) is 14.2. The van der Waals surface area contributed by atoms with E-state index < -0.39 is 45.2 Å². The number of halogens is 3. The van der Waals surface area contributed by atoms with Crippen molar-refractivity contribution in [3.8, 4) is 0 Å². The molecule has 0 aliphatic carbocycles. The smallest absolute Gasteiger partial charge is 0.272 e. The Morgan fingerprint density at radius 3 is 2.20 bits per heavy atom. The molecule has 1 saturated heterocycles. The van der Waals surface area contributed by atoms with Crippen LogP contribution in [-0.2, 0) is 24.0 Å².